The molecule has 0 atom stereocenters. The first-order valence-electron chi connectivity index (χ1n) is 5.50. The van der Waals surface area contributed by atoms with Gasteiger partial charge in [-0.15, -0.1) is 0 Å². The average Bonchev–Trinajstić information content (AvgIpc) is 2.29. The molecule has 1 aliphatic heterocycles. The Bertz CT molecular complexity index is 351. The zero-order valence-electron chi connectivity index (χ0n) is 9.08. The van der Waals surface area contributed by atoms with Crippen LogP contribution in [-0.4, -0.2) is 30.4 Å². The summed E-state index contributed by atoms with van der Waals surface area (Å²) in [6.45, 7) is 1.70. The third-order valence-electron chi connectivity index (χ3n) is 2.87. The highest BCUT2D eigenvalue weighted by atomic mass is 19.1. The molecular formula is C12H16FNO2. The van der Waals surface area contributed by atoms with Crippen molar-refractivity contribution < 1.29 is 14.2 Å². The fourth-order valence-corrected chi connectivity index (χ4v) is 1.81. The van der Waals surface area contributed by atoms with Crippen molar-refractivity contribution >= 4 is 0 Å². The molecule has 1 fully saturated rings. The Hall–Kier alpha value is -1.13. The van der Waals surface area contributed by atoms with Crippen LogP contribution in [0.2, 0.25) is 0 Å². The first-order chi connectivity index (χ1) is 7.70. The van der Waals surface area contributed by atoms with Crippen molar-refractivity contribution in [2.24, 2.45) is 0 Å². The number of ether oxygens (including phenoxy) is 1. The monoisotopic (exact) mass is 225 g/mol. The molecule has 0 spiro atoms. The van der Waals surface area contributed by atoms with Crippen LogP contribution in [0.5, 0.6) is 5.75 Å². The molecule has 1 aromatic rings. The molecule has 0 saturated carbocycles. The normalized spacial score (nSPS) is 19.4. The molecule has 0 radical (unpaired) electrons. The van der Waals surface area contributed by atoms with Gasteiger partial charge in [0.25, 0.3) is 0 Å². The van der Waals surface area contributed by atoms with E-state index >= 15 is 0 Å². The summed E-state index contributed by atoms with van der Waals surface area (Å²) in [5.74, 6) is -0.186. The van der Waals surface area contributed by atoms with E-state index < -0.39 is 5.60 Å². The molecule has 2 N–H and O–H groups in total. The SMILES string of the molecule is OC1(COc2ccccc2F)CCNCC1. The van der Waals surface area contributed by atoms with Crippen molar-refractivity contribution in [3.05, 3.63) is 30.1 Å². The number of hydrogen-bond donors (Lipinski definition) is 2. The minimum absolute atomic E-state index is 0.148. The zero-order valence-corrected chi connectivity index (χ0v) is 9.08. The predicted octanol–water partition coefficient (Wildman–Crippen LogP) is 1.32. The molecule has 1 heterocycles. The van der Waals surface area contributed by atoms with Crippen LogP contribution in [0.3, 0.4) is 0 Å². The van der Waals surface area contributed by atoms with Gasteiger partial charge in [0.15, 0.2) is 11.6 Å². The molecule has 1 aromatic carbocycles. The van der Waals surface area contributed by atoms with Gasteiger partial charge in [0.1, 0.15) is 12.2 Å². The van der Waals surface area contributed by atoms with Crippen molar-refractivity contribution in [1.82, 2.24) is 5.32 Å². The minimum atomic E-state index is -0.826. The lowest BCUT2D eigenvalue weighted by molar-refractivity contribution is -0.0294. The van der Waals surface area contributed by atoms with E-state index in [1.54, 1.807) is 18.2 Å². The van der Waals surface area contributed by atoms with Crippen molar-refractivity contribution in [2.75, 3.05) is 19.7 Å². The van der Waals surface area contributed by atoms with Gasteiger partial charge in [-0.3, -0.25) is 0 Å². The standard InChI is InChI=1S/C12H16FNO2/c13-10-3-1-2-4-11(10)16-9-12(15)5-7-14-8-6-12/h1-4,14-15H,5-9H2. The van der Waals surface area contributed by atoms with E-state index in [0.29, 0.717) is 12.8 Å². The fourth-order valence-electron chi connectivity index (χ4n) is 1.81. The molecule has 0 unspecified atom stereocenters. The predicted molar refractivity (Wildman–Crippen MR) is 58.9 cm³/mol. The van der Waals surface area contributed by atoms with Gasteiger partial charge in [0.05, 0.1) is 0 Å². The topological polar surface area (TPSA) is 41.5 Å². The molecule has 1 saturated heterocycles. The minimum Gasteiger partial charge on any atom is -0.488 e. The molecule has 3 nitrogen and oxygen atoms in total. The van der Waals surface area contributed by atoms with Crippen molar-refractivity contribution in [3.8, 4) is 5.75 Å². The molecule has 0 amide bonds. The first-order valence-corrected chi connectivity index (χ1v) is 5.50. The highest BCUT2D eigenvalue weighted by Crippen LogP contribution is 2.22. The van der Waals surface area contributed by atoms with E-state index in [1.807, 2.05) is 0 Å². The molecule has 0 aliphatic carbocycles. The van der Waals surface area contributed by atoms with E-state index in [1.165, 1.54) is 6.07 Å². The van der Waals surface area contributed by atoms with Crippen LogP contribution in [0, 0.1) is 5.82 Å². The van der Waals surface area contributed by atoms with Crippen LogP contribution in [0.15, 0.2) is 24.3 Å². The lowest BCUT2D eigenvalue weighted by Crippen LogP contribution is -2.46. The van der Waals surface area contributed by atoms with Crippen molar-refractivity contribution in [3.63, 3.8) is 0 Å². The van der Waals surface area contributed by atoms with Gasteiger partial charge in [0.2, 0.25) is 0 Å². The maximum absolute atomic E-state index is 13.2. The maximum atomic E-state index is 13.2. The number of piperidine rings is 1. The van der Waals surface area contributed by atoms with Gasteiger partial charge >= 0.3 is 0 Å². The summed E-state index contributed by atoms with van der Waals surface area (Å²) >= 11 is 0. The Kier molecular flexibility index (Phi) is 3.41. The summed E-state index contributed by atoms with van der Waals surface area (Å²) in [5, 5.41) is 13.3. The van der Waals surface area contributed by atoms with Gasteiger partial charge in [-0.05, 0) is 38.1 Å². The molecule has 0 aromatic heterocycles. The van der Waals surface area contributed by atoms with Crippen LogP contribution >= 0.6 is 0 Å². The number of benzene rings is 1. The van der Waals surface area contributed by atoms with Gasteiger partial charge in [-0.25, -0.2) is 4.39 Å². The van der Waals surface area contributed by atoms with E-state index in [-0.39, 0.29) is 18.2 Å². The lowest BCUT2D eigenvalue weighted by Gasteiger charge is -2.32. The molecule has 88 valence electrons. The number of hydrogen-bond acceptors (Lipinski definition) is 3. The van der Waals surface area contributed by atoms with Gasteiger partial charge in [0, 0.05) is 0 Å². The summed E-state index contributed by atoms with van der Waals surface area (Å²) in [7, 11) is 0. The molecule has 1 aliphatic rings. The number of aliphatic hydroxyl groups is 1. The molecule has 2 rings (SSSR count). The average molecular weight is 225 g/mol. The van der Waals surface area contributed by atoms with E-state index in [4.69, 9.17) is 4.74 Å². The smallest absolute Gasteiger partial charge is 0.165 e. The second-order valence-electron chi connectivity index (χ2n) is 4.19. The van der Waals surface area contributed by atoms with Gasteiger partial charge in [-0.1, -0.05) is 12.1 Å². The summed E-state index contributed by atoms with van der Waals surface area (Å²) in [4.78, 5) is 0. The molecular weight excluding hydrogens is 209 g/mol. The van der Waals surface area contributed by atoms with Crippen LogP contribution in [-0.2, 0) is 0 Å². The molecule has 0 bridgehead atoms. The fraction of sp³-hybridized carbons (Fsp3) is 0.500. The second kappa shape index (κ2) is 4.80. The number of para-hydroxylation sites is 1. The maximum Gasteiger partial charge on any atom is 0.165 e. The third kappa shape index (κ3) is 2.71. The second-order valence-corrected chi connectivity index (χ2v) is 4.19. The third-order valence-corrected chi connectivity index (χ3v) is 2.87. The Morgan fingerprint density at radius 1 is 1.31 bits per heavy atom. The largest absolute Gasteiger partial charge is 0.488 e. The van der Waals surface area contributed by atoms with Crippen LogP contribution in [0.1, 0.15) is 12.8 Å². The van der Waals surface area contributed by atoms with Gasteiger partial charge < -0.3 is 15.2 Å². The quantitative estimate of drug-likeness (QED) is 0.815. The van der Waals surface area contributed by atoms with Crippen LogP contribution in [0.4, 0.5) is 4.39 Å². The Morgan fingerprint density at radius 2 is 2.00 bits per heavy atom. The highest BCUT2D eigenvalue weighted by molar-refractivity contribution is 5.23. The Labute approximate surface area is 94.2 Å². The number of rotatable bonds is 3. The van der Waals surface area contributed by atoms with E-state index in [2.05, 4.69) is 5.32 Å². The van der Waals surface area contributed by atoms with E-state index in [0.717, 1.165) is 13.1 Å². The zero-order chi connectivity index (χ0) is 11.4. The Morgan fingerprint density at radius 3 is 2.69 bits per heavy atom. The first kappa shape index (κ1) is 11.4. The van der Waals surface area contributed by atoms with Crippen molar-refractivity contribution in [2.45, 2.75) is 18.4 Å². The Balaban J connectivity index is 1.94. The number of nitrogens with one attached hydrogen (secondary N) is 1. The van der Waals surface area contributed by atoms with Crippen LogP contribution < -0.4 is 10.1 Å². The van der Waals surface area contributed by atoms with Gasteiger partial charge in [-0.2, -0.15) is 0 Å². The molecule has 16 heavy (non-hydrogen) atoms. The summed E-state index contributed by atoms with van der Waals surface area (Å²) < 4.78 is 18.6. The summed E-state index contributed by atoms with van der Waals surface area (Å²) in [6, 6.07) is 6.24. The van der Waals surface area contributed by atoms with Crippen molar-refractivity contribution in [1.29, 1.82) is 0 Å². The highest BCUT2D eigenvalue weighted by Gasteiger charge is 2.30. The number of halogens is 1. The van der Waals surface area contributed by atoms with Crippen LogP contribution in [0.25, 0.3) is 0 Å². The summed E-state index contributed by atoms with van der Waals surface area (Å²) in [5.41, 5.74) is -0.826. The molecule has 4 heteroatoms. The lowest BCUT2D eigenvalue weighted by atomic mass is 9.93. The van der Waals surface area contributed by atoms with E-state index in [9.17, 15) is 9.50 Å². The summed E-state index contributed by atoms with van der Waals surface area (Å²) in [6.07, 6.45) is 1.28.